The van der Waals surface area contributed by atoms with Crippen molar-refractivity contribution in [1.82, 2.24) is 0 Å². The summed E-state index contributed by atoms with van der Waals surface area (Å²) in [5, 5.41) is 12.4. The van der Waals surface area contributed by atoms with Crippen LogP contribution in [0.3, 0.4) is 0 Å². The van der Waals surface area contributed by atoms with Gasteiger partial charge in [-0.1, -0.05) is 15.9 Å². The van der Waals surface area contributed by atoms with Crippen molar-refractivity contribution < 1.29 is 0 Å². The second kappa shape index (κ2) is 5.77. The molecule has 0 saturated carbocycles. The molecule has 0 bridgehead atoms. The van der Waals surface area contributed by atoms with Gasteiger partial charge in [0.25, 0.3) is 0 Å². The van der Waals surface area contributed by atoms with E-state index >= 15 is 0 Å². The average Bonchev–Trinajstić information content (AvgIpc) is 2.41. The Morgan fingerprint density at radius 1 is 1.11 bits per heavy atom. The van der Waals surface area contributed by atoms with Crippen LogP contribution < -0.4 is 10.2 Å². The number of nitrogens with one attached hydrogen (secondary N) is 1. The number of benzene rings is 2. The Morgan fingerprint density at radius 3 is 2.37 bits per heavy atom. The number of nitriles is 1. The number of rotatable bonds is 3. The fourth-order valence-corrected chi connectivity index (χ4v) is 2.08. The van der Waals surface area contributed by atoms with E-state index in [0.29, 0.717) is 5.56 Å². The van der Waals surface area contributed by atoms with Gasteiger partial charge in [-0.25, -0.2) is 0 Å². The summed E-state index contributed by atoms with van der Waals surface area (Å²) in [5.74, 6) is 0. The van der Waals surface area contributed by atoms with E-state index in [0.717, 1.165) is 21.5 Å². The van der Waals surface area contributed by atoms with Crippen molar-refractivity contribution in [3.63, 3.8) is 0 Å². The van der Waals surface area contributed by atoms with Crippen LogP contribution >= 0.6 is 15.9 Å². The Morgan fingerprint density at radius 2 is 1.79 bits per heavy atom. The summed E-state index contributed by atoms with van der Waals surface area (Å²) in [6.07, 6.45) is 0. The second-order valence-corrected chi connectivity index (χ2v) is 5.28. The molecule has 0 atom stereocenters. The zero-order valence-corrected chi connectivity index (χ0v) is 12.4. The van der Waals surface area contributed by atoms with Gasteiger partial charge in [-0.05, 0) is 42.5 Å². The maximum absolute atomic E-state index is 9.12. The summed E-state index contributed by atoms with van der Waals surface area (Å²) in [5.41, 5.74) is 3.53. The highest BCUT2D eigenvalue weighted by Crippen LogP contribution is 2.25. The van der Waals surface area contributed by atoms with E-state index in [1.165, 1.54) is 0 Å². The van der Waals surface area contributed by atoms with Crippen molar-refractivity contribution in [2.45, 2.75) is 0 Å². The van der Waals surface area contributed by atoms with E-state index < -0.39 is 0 Å². The predicted octanol–water partition coefficient (Wildman–Crippen LogP) is 4.13. The molecule has 0 aliphatic rings. The third-order valence-electron chi connectivity index (χ3n) is 2.76. The van der Waals surface area contributed by atoms with E-state index in [-0.39, 0.29) is 0 Å². The van der Waals surface area contributed by atoms with Crippen molar-refractivity contribution in [1.29, 1.82) is 5.26 Å². The Hall–Kier alpha value is -1.99. The number of nitrogens with zero attached hydrogens (tertiary/aromatic N) is 2. The first kappa shape index (κ1) is 13.4. The molecule has 0 spiro atoms. The molecule has 2 rings (SSSR count). The Balaban J connectivity index is 2.24. The van der Waals surface area contributed by atoms with Gasteiger partial charge in [0.2, 0.25) is 0 Å². The summed E-state index contributed by atoms with van der Waals surface area (Å²) in [7, 11) is 4.01. The first-order valence-electron chi connectivity index (χ1n) is 5.84. The van der Waals surface area contributed by atoms with Gasteiger partial charge >= 0.3 is 0 Å². The summed E-state index contributed by atoms with van der Waals surface area (Å²) in [6, 6.07) is 15.9. The minimum Gasteiger partial charge on any atom is -0.378 e. The first-order valence-corrected chi connectivity index (χ1v) is 6.63. The van der Waals surface area contributed by atoms with Crippen LogP contribution in [-0.4, -0.2) is 14.1 Å². The highest BCUT2D eigenvalue weighted by molar-refractivity contribution is 9.10. The van der Waals surface area contributed by atoms with Crippen LogP contribution in [0.25, 0.3) is 0 Å². The van der Waals surface area contributed by atoms with Crippen LogP contribution in [-0.2, 0) is 0 Å². The van der Waals surface area contributed by atoms with Crippen molar-refractivity contribution in [3.8, 4) is 6.07 Å². The molecule has 2 aromatic rings. The average molecular weight is 316 g/mol. The molecule has 0 unspecified atom stereocenters. The van der Waals surface area contributed by atoms with Gasteiger partial charge in [0.15, 0.2) is 0 Å². The quantitative estimate of drug-likeness (QED) is 0.925. The lowest BCUT2D eigenvalue weighted by atomic mass is 10.2. The fourth-order valence-electron chi connectivity index (χ4n) is 1.72. The van der Waals surface area contributed by atoms with Gasteiger partial charge in [-0.2, -0.15) is 5.26 Å². The fraction of sp³-hybridized carbons (Fsp3) is 0.133. The molecule has 0 heterocycles. The van der Waals surface area contributed by atoms with E-state index in [9.17, 15) is 0 Å². The van der Waals surface area contributed by atoms with Crippen LogP contribution in [0, 0.1) is 11.3 Å². The Bertz CT molecular complexity index is 612. The van der Waals surface area contributed by atoms with E-state index in [2.05, 4.69) is 27.3 Å². The molecule has 2 aromatic carbocycles. The normalized spacial score (nSPS) is 9.79. The van der Waals surface area contributed by atoms with Crippen LogP contribution in [0.1, 0.15) is 5.56 Å². The zero-order valence-electron chi connectivity index (χ0n) is 10.8. The van der Waals surface area contributed by atoms with Gasteiger partial charge in [0, 0.05) is 29.9 Å². The van der Waals surface area contributed by atoms with Gasteiger partial charge < -0.3 is 10.2 Å². The van der Waals surface area contributed by atoms with Crippen molar-refractivity contribution >= 4 is 33.0 Å². The minimum atomic E-state index is 0.617. The summed E-state index contributed by atoms with van der Waals surface area (Å²) < 4.78 is 0.901. The van der Waals surface area contributed by atoms with Crippen LogP contribution in [0.15, 0.2) is 46.9 Å². The van der Waals surface area contributed by atoms with Crippen LogP contribution in [0.5, 0.6) is 0 Å². The van der Waals surface area contributed by atoms with Crippen LogP contribution in [0.4, 0.5) is 17.1 Å². The molecular weight excluding hydrogens is 302 g/mol. The molecule has 3 nitrogen and oxygen atoms in total. The predicted molar refractivity (Wildman–Crippen MR) is 82.9 cm³/mol. The molecular formula is C15H14BrN3. The minimum absolute atomic E-state index is 0.617. The Kier molecular flexibility index (Phi) is 4.08. The highest BCUT2D eigenvalue weighted by atomic mass is 79.9. The Labute approximate surface area is 121 Å². The third kappa shape index (κ3) is 3.27. The molecule has 0 amide bonds. The number of hydrogen-bond donors (Lipinski definition) is 1. The number of anilines is 3. The molecule has 0 aromatic heterocycles. The van der Waals surface area contributed by atoms with E-state index in [4.69, 9.17) is 5.26 Å². The standard InChI is InChI=1S/C15H14BrN3/c1-19(2)14-6-4-13(5-7-14)18-15-8-3-12(16)9-11(15)10-17/h3-9,18H,1-2H3. The maximum atomic E-state index is 9.12. The topological polar surface area (TPSA) is 39.1 Å². The molecule has 0 saturated heterocycles. The molecule has 0 radical (unpaired) electrons. The van der Waals surface area contributed by atoms with E-state index in [1.54, 1.807) is 6.07 Å². The summed E-state index contributed by atoms with van der Waals surface area (Å²) in [4.78, 5) is 2.05. The zero-order chi connectivity index (χ0) is 13.8. The van der Waals surface area contributed by atoms with E-state index in [1.807, 2.05) is 55.4 Å². The molecule has 19 heavy (non-hydrogen) atoms. The lowest BCUT2D eigenvalue weighted by Crippen LogP contribution is -2.08. The van der Waals surface area contributed by atoms with Crippen molar-refractivity contribution in [3.05, 3.63) is 52.5 Å². The van der Waals surface area contributed by atoms with Gasteiger partial charge in [-0.15, -0.1) is 0 Å². The smallest absolute Gasteiger partial charge is 0.101 e. The summed E-state index contributed by atoms with van der Waals surface area (Å²) >= 11 is 3.36. The molecule has 0 aliphatic heterocycles. The maximum Gasteiger partial charge on any atom is 0.101 e. The number of halogens is 1. The second-order valence-electron chi connectivity index (χ2n) is 4.37. The summed E-state index contributed by atoms with van der Waals surface area (Å²) in [6.45, 7) is 0. The molecule has 4 heteroatoms. The van der Waals surface area contributed by atoms with Crippen molar-refractivity contribution in [2.75, 3.05) is 24.3 Å². The molecule has 0 fully saturated rings. The first-order chi connectivity index (χ1) is 9.10. The third-order valence-corrected chi connectivity index (χ3v) is 3.26. The molecule has 1 N–H and O–H groups in total. The van der Waals surface area contributed by atoms with Gasteiger partial charge in [0.05, 0.1) is 11.3 Å². The monoisotopic (exact) mass is 315 g/mol. The van der Waals surface area contributed by atoms with Crippen molar-refractivity contribution in [2.24, 2.45) is 0 Å². The lowest BCUT2D eigenvalue weighted by Gasteiger charge is -2.14. The SMILES string of the molecule is CN(C)c1ccc(Nc2ccc(Br)cc2C#N)cc1. The largest absolute Gasteiger partial charge is 0.378 e. The molecule has 0 aliphatic carbocycles. The highest BCUT2D eigenvalue weighted by Gasteiger charge is 2.03. The van der Waals surface area contributed by atoms with Crippen LogP contribution in [0.2, 0.25) is 0 Å². The lowest BCUT2D eigenvalue weighted by molar-refractivity contribution is 1.13. The number of hydrogen-bond acceptors (Lipinski definition) is 3. The van der Waals surface area contributed by atoms with Gasteiger partial charge in [0.1, 0.15) is 6.07 Å². The van der Waals surface area contributed by atoms with Gasteiger partial charge in [-0.3, -0.25) is 0 Å². The molecule has 96 valence electrons.